The van der Waals surface area contributed by atoms with Crippen molar-refractivity contribution in [2.24, 2.45) is 0 Å². The van der Waals surface area contributed by atoms with Gasteiger partial charge in [-0.25, -0.2) is 0 Å². The lowest BCUT2D eigenvalue weighted by molar-refractivity contribution is 0.397. The lowest BCUT2D eigenvalue weighted by atomic mass is 10.1. The van der Waals surface area contributed by atoms with Gasteiger partial charge in [0.15, 0.2) is 0 Å². The maximum atomic E-state index is 5.62. The summed E-state index contributed by atoms with van der Waals surface area (Å²) in [5, 5.41) is 0. The molecule has 0 radical (unpaired) electrons. The third kappa shape index (κ3) is 4.42. The molecule has 0 aromatic heterocycles. The zero-order valence-corrected chi connectivity index (χ0v) is 16.0. The molecule has 4 aliphatic heterocycles. The lowest BCUT2D eigenvalue weighted by Gasteiger charge is -2.15. The first-order chi connectivity index (χ1) is 11.8. The SMILES string of the molecule is COc1cc2c(OC)cc1CSCCc1ccc(cc1)CCSC2. The van der Waals surface area contributed by atoms with Crippen LogP contribution in [-0.2, 0) is 24.3 Å². The normalized spacial score (nSPS) is 15.4. The molecule has 6 rings (SSSR count). The van der Waals surface area contributed by atoms with Crippen molar-refractivity contribution in [3.63, 3.8) is 0 Å². The van der Waals surface area contributed by atoms with Gasteiger partial charge in [0.2, 0.25) is 0 Å². The Labute approximate surface area is 153 Å². The molecule has 2 nitrogen and oxygen atoms in total. The first-order valence-corrected chi connectivity index (χ1v) is 10.6. The minimum Gasteiger partial charge on any atom is -0.496 e. The van der Waals surface area contributed by atoms with E-state index in [-0.39, 0.29) is 0 Å². The van der Waals surface area contributed by atoms with Crippen molar-refractivity contribution in [3.8, 4) is 11.5 Å². The molecule has 0 aliphatic carbocycles. The number of hydrogen-bond acceptors (Lipinski definition) is 4. The Kier molecular flexibility index (Phi) is 6.38. The maximum Gasteiger partial charge on any atom is 0.123 e. The second kappa shape index (κ2) is 8.72. The van der Waals surface area contributed by atoms with Crippen LogP contribution in [0.4, 0.5) is 0 Å². The van der Waals surface area contributed by atoms with E-state index in [1.165, 1.54) is 22.3 Å². The summed E-state index contributed by atoms with van der Waals surface area (Å²) in [4.78, 5) is 0. The molecule has 0 spiro atoms. The highest BCUT2D eigenvalue weighted by molar-refractivity contribution is 7.98. The minimum atomic E-state index is 0.949. The van der Waals surface area contributed by atoms with Gasteiger partial charge in [-0.05, 0) is 47.6 Å². The van der Waals surface area contributed by atoms with Gasteiger partial charge in [0, 0.05) is 22.6 Å². The molecule has 128 valence electrons. The molecule has 4 heterocycles. The smallest absolute Gasteiger partial charge is 0.123 e. The maximum absolute atomic E-state index is 5.62. The van der Waals surface area contributed by atoms with Gasteiger partial charge in [-0.2, -0.15) is 23.5 Å². The Morgan fingerprint density at radius 1 is 0.708 bits per heavy atom. The number of rotatable bonds is 2. The van der Waals surface area contributed by atoms with Crippen molar-refractivity contribution in [3.05, 3.63) is 58.7 Å². The van der Waals surface area contributed by atoms with Crippen LogP contribution in [0.3, 0.4) is 0 Å². The summed E-state index contributed by atoms with van der Waals surface area (Å²) in [6, 6.07) is 13.4. The molecular formula is C20H24O2S2. The molecule has 4 heteroatoms. The van der Waals surface area contributed by atoms with Gasteiger partial charge in [-0.1, -0.05) is 24.3 Å². The molecular weight excluding hydrogens is 336 g/mol. The van der Waals surface area contributed by atoms with Crippen LogP contribution in [-0.4, -0.2) is 25.7 Å². The summed E-state index contributed by atoms with van der Waals surface area (Å²) in [5.41, 5.74) is 5.28. The van der Waals surface area contributed by atoms with E-state index in [0.29, 0.717) is 0 Å². The summed E-state index contributed by atoms with van der Waals surface area (Å²) in [6.07, 6.45) is 2.22. The molecule has 0 saturated heterocycles. The highest BCUT2D eigenvalue weighted by Gasteiger charge is 2.12. The van der Waals surface area contributed by atoms with Gasteiger partial charge in [-0.15, -0.1) is 0 Å². The van der Waals surface area contributed by atoms with Gasteiger partial charge in [0.05, 0.1) is 14.2 Å². The number of methoxy groups -OCH3 is 2. The van der Waals surface area contributed by atoms with E-state index in [4.69, 9.17) is 9.47 Å². The predicted octanol–water partition coefficient (Wildman–Crippen LogP) is 4.97. The fourth-order valence-electron chi connectivity index (χ4n) is 2.87. The topological polar surface area (TPSA) is 18.5 Å². The molecule has 0 N–H and O–H groups in total. The van der Waals surface area contributed by atoms with Gasteiger partial charge in [0.25, 0.3) is 0 Å². The molecule has 0 fully saturated rings. The summed E-state index contributed by atoms with van der Waals surface area (Å²) in [7, 11) is 3.51. The summed E-state index contributed by atoms with van der Waals surface area (Å²) in [6.45, 7) is 0. The van der Waals surface area contributed by atoms with Crippen LogP contribution in [0.15, 0.2) is 36.4 Å². The van der Waals surface area contributed by atoms with Crippen LogP contribution in [0.1, 0.15) is 22.3 Å². The Hall–Kier alpha value is -1.26. The van der Waals surface area contributed by atoms with Crippen LogP contribution < -0.4 is 9.47 Å². The van der Waals surface area contributed by atoms with Crippen molar-refractivity contribution in [1.29, 1.82) is 0 Å². The van der Waals surface area contributed by atoms with Crippen LogP contribution in [0, 0.1) is 0 Å². The number of aryl methyl sites for hydroxylation is 2. The largest absolute Gasteiger partial charge is 0.496 e. The lowest BCUT2D eigenvalue weighted by Crippen LogP contribution is -1.99. The Morgan fingerprint density at radius 2 is 1.12 bits per heavy atom. The van der Waals surface area contributed by atoms with E-state index in [1.807, 2.05) is 23.5 Å². The Bertz CT molecular complexity index is 609. The monoisotopic (exact) mass is 360 g/mol. The van der Waals surface area contributed by atoms with Crippen LogP contribution in [0.2, 0.25) is 0 Å². The number of ether oxygens (including phenoxy) is 2. The van der Waals surface area contributed by atoms with Crippen LogP contribution in [0.25, 0.3) is 0 Å². The second-order valence-corrected chi connectivity index (χ2v) is 8.11. The average molecular weight is 361 g/mol. The minimum absolute atomic E-state index is 0.949. The summed E-state index contributed by atoms with van der Waals surface area (Å²) < 4.78 is 11.2. The standard InChI is InChI=1S/C20H24O2S2/c1-21-19-11-18-14-24-10-8-16-5-3-15(4-6-16)7-9-23-13-17(19)12-20(18)22-2/h3-6,11-12H,7-10,13-14H2,1-2H3. The summed E-state index contributed by atoms with van der Waals surface area (Å²) in [5.74, 6) is 6.09. The van der Waals surface area contributed by atoms with Gasteiger partial charge in [-0.3, -0.25) is 0 Å². The summed E-state index contributed by atoms with van der Waals surface area (Å²) >= 11 is 3.89. The highest BCUT2D eigenvalue weighted by Crippen LogP contribution is 2.34. The third-order valence-corrected chi connectivity index (χ3v) is 6.31. The first kappa shape index (κ1) is 17.6. The van der Waals surface area contributed by atoms with Crippen molar-refractivity contribution >= 4 is 23.5 Å². The number of hydrogen-bond donors (Lipinski definition) is 0. The first-order valence-electron chi connectivity index (χ1n) is 8.27. The van der Waals surface area contributed by atoms with E-state index in [2.05, 4.69) is 36.4 Å². The molecule has 0 unspecified atom stereocenters. The number of benzene rings is 2. The van der Waals surface area contributed by atoms with E-state index in [1.54, 1.807) is 14.2 Å². The molecule has 4 aliphatic rings. The second-order valence-electron chi connectivity index (χ2n) is 5.90. The fourth-order valence-corrected chi connectivity index (χ4v) is 4.81. The fraction of sp³-hybridized carbons (Fsp3) is 0.400. The Morgan fingerprint density at radius 3 is 1.50 bits per heavy atom. The zero-order chi connectivity index (χ0) is 16.8. The van der Waals surface area contributed by atoms with Crippen molar-refractivity contribution < 1.29 is 9.47 Å². The van der Waals surface area contributed by atoms with Crippen LogP contribution >= 0.6 is 23.5 Å². The zero-order valence-electron chi connectivity index (χ0n) is 14.3. The molecule has 24 heavy (non-hydrogen) atoms. The third-order valence-electron chi connectivity index (χ3n) is 4.29. The molecule has 0 amide bonds. The molecule has 4 bridgehead atoms. The van der Waals surface area contributed by atoms with Gasteiger partial charge in [0.1, 0.15) is 11.5 Å². The van der Waals surface area contributed by atoms with Crippen LogP contribution in [0.5, 0.6) is 11.5 Å². The van der Waals surface area contributed by atoms with E-state index in [0.717, 1.165) is 47.4 Å². The van der Waals surface area contributed by atoms with Gasteiger partial charge >= 0.3 is 0 Å². The molecule has 0 saturated carbocycles. The van der Waals surface area contributed by atoms with Crippen molar-refractivity contribution in [1.82, 2.24) is 0 Å². The van der Waals surface area contributed by atoms with Crippen molar-refractivity contribution in [2.45, 2.75) is 24.3 Å². The highest BCUT2D eigenvalue weighted by atomic mass is 32.2. The van der Waals surface area contributed by atoms with E-state index < -0.39 is 0 Å². The van der Waals surface area contributed by atoms with E-state index in [9.17, 15) is 0 Å². The quantitative estimate of drug-likeness (QED) is 0.752. The van der Waals surface area contributed by atoms with Gasteiger partial charge < -0.3 is 9.47 Å². The molecule has 2 aromatic rings. The van der Waals surface area contributed by atoms with E-state index >= 15 is 0 Å². The average Bonchev–Trinajstić information content (AvgIpc) is 2.62. The number of thioether (sulfide) groups is 2. The molecule has 2 aromatic carbocycles. The Balaban J connectivity index is 1.84. The van der Waals surface area contributed by atoms with Crippen molar-refractivity contribution in [2.75, 3.05) is 25.7 Å². The molecule has 0 atom stereocenters. The predicted molar refractivity (Wildman–Crippen MR) is 106 cm³/mol.